The fourth-order valence-corrected chi connectivity index (χ4v) is 0.498. The molecule has 0 aromatic carbocycles. The highest BCUT2D eigenvalue weighted by Gasteiger charge is 2.07. The number of hydrogen-bond acceptors (Lipinski definition) is 5. The lowest BCUT2D eigenvalue weighted by molar-refractivity contribution is 0.121. The summed E-state index contributed by atoms with van der Waals surface area (Å²) in [5.41, 5.74) is 5.29. The summed E-state index contributed by atoms with van der Waals surface area (Å²) in [5, 5.41) is 5.92. The van der Waals surface area contributed by atoms with E-state index in [1.54, 1.807) is 0 Å². The number of anilines is 1. The van der Waals surface area contributed by atoms with Crippen LogP contribution in [0.25, 0.3) is 0 Å². The van der Waals surface area contributed by atoms with Crippen molar-refractivity contribution in [1.82, 2.24) is 10.2 Å². The number of aromatic nitrogens is 2. The summed E-state index contributed by atoms with van der Waals surface area (Å²) in [7, 11) is 1.21. The summed E-state index contributed by atoms with van der Waals surface area (Å²) in [6.07, 6.45) is 0.463. The standard InChI is InChI=1S/C5H7N3O3/c1-10-5(9)11-3-2-7-8-4(3)6/h2H,1H3,(H3,6,7,8). The number of nitrogens with two attached hydrogens (primary N) is 1. The van der Waals surface area contributed by atoms with Crippen molar-refractivity contribution < 1.29 is 14.3 Å². The highest BCUT2D eigenvalue weighted by atomic mass is 16.7. The van der Waals surface area contributed by atoms with Gasteiger partial charge in [-0.2, -0.15) is 5.10 Å². The number of nitrogens with zero attached hydrogens (tertiary/aromatic N) is 1. The Morgan fingerprint density at radius 3 is 3.00 bits per heavy atom. The molecule has 6 nitrogen and oxygen atoms in total. The number of nitrogen functional groups attached to an aromatic ring is 1. The third-order valence-corrected chi connectivity index (χ3v) is 0.992. The van der Waals surface area contributed by atoms with Gasteiger partial charge in [-0.1, -0.05) is 0 Å². The zero-order valence-corrected chi connectivity index (χ0v) is 5.83. The number of carbonyl (C=O) groups excluding carboxylic acids is 1. The predicted octanol–water partition coefficient (Wildman–Crippen LogP) is 0.137. The number of methoxy groups -OCH3 is 1. The third kappa shape index (κ3) is 1.60. The molecule has 0 bridgehead atoms. The molecule has 1 aromatic rings. The second kappa shape index (κ2) is 2.91. The zero-order chi connectivity index (χ0) is 8.27. The van der Waals surface area contributed by atoms with Gasteiger partial charge in [0.25, 0.3) is 0 Å². The maximum absolute atomic E-state index is 10.5. The van der Waals surface area contributed by atoms with Crippen LogP contribution in [0.1, 0.15) is 0 Å². The van der Waals surface area contributed by atoms with E-state index in [1.165, 1.54) is 13.3 Å². The Hall–Kier alpha value is -1.72. The lowest BCUT2D eigenvalue weighted by Gasteiger charge is -1.98. The molecule has 0 unspecified atom stereocenters. The van der Waals surface area contributed by atoms with E-state index in [4.69, 9.17) is 5.73 Å². The molecule has 11 heavy (non-hydrogen) atoms. The number of ether oxygens (including phenoxy) is 2. The maximum atomic E-state index is 10.5. The fraction of sp³-hybridized carbons (Fsp3) is 0.200. The van der Waals surface area contributed by atoms with Gasteiger partial charge in [0.15, 0.2) is 11.6 Å². The smallest absolute Gasteiger partial charge is 0.437 e. The number of hydrogen-bond donors (Lipinski definition) is 2. The zero-order valence-electron chi connectivity index (χ0n) is 5.83. The number of H-pyrrole nitrogens is 1. The van der Waals surface area contributed by atoms with Gasteiger partial charge in [-0.3, -0.25) is 5.10 Å². The summed E-state index contributed by atoms with van der Waals surface area (Å²) in [5.74, 6) is 0.354. The average Bonchev–Trinajstić information content (AvgIpc) is 2.37. The van der Waals surface area contributed by atoms with Gasteiger partial charge in [0, 0.05) is 0 Å². The van der Waals surface area contributed by atoms with Gasteiger partial charge in [0.1, 0.15) is 0 Å². The summed E-state index contributed by atoms with van der Waals surface area (Å²) >= 11 is 0. The van der Waals surface area contributed by atoms with Gasteiger partial charge in [0.2, 0.25) is 0 Å². The summed E-state index contributed by atoms with van der Waals surface area (Å²) < 4.78 is 8.77. The van der Waals surface area contributed by atoms with Crippen LogP contribution in [0, 0.1) is 0 Å². The summed E-state index contributed by atoms with van der Waals surface area (Å²) in [6.45, 7) is 0. The predicted molar refractivity (Wildman–Crippen MR) is 36.0 cm³/mol. The number of nitrogens with one attached hydrogen (secondary N) is 1. The Bertz CT molecular complexity index is 257. The molecule has 0 saturated carbocycles. The van der Waals surface area contributed by atoms with Crippen molar-refractivity contribution in [2.24, 2.45) is 0 Å². The van der Waals surface area contributed by atoms with Crippen LogP contribution in [0.2, 0.25) is 0 Å². The molecule has 1 heterocycles. The van der Waals surface area contributed by atoms with Crippen LogP contribution >= 0.6 is 0 Å². The molecule has 1 aromatic heterocycles. The molecule has 0 saturated heterocycles. The first-order valence-electron chi connectivity index (χ1n) is 2.78. The van der Waals surface area contributed by atoms with E-state index < -0.39 is 6.16 Å². The normalized spacial score (nSPS) is 9.18. The molecule has 0 radical (unpaired) electrons. The van der Waals surface area contributed by atoms with Gasteiger partial charge in [-0.15, -0.1) is 0 Å². The Balaban J connectivity index is 2.64. The molecule has 0 aliphatic heterocycles. The molecule has 1 rings (SSSR count). The van der Waals surface area contributed by atoms with Crippen molar-refractivity contribution in [3.05, 3.63) is 6.20 Å². The Kier molecular flexibility index (Phi) is 1.95. The van der Waals surface area contributed by atoms with Crippen molar-refractivity contribution in [3.63, 3.8) is 0 Å². The van der Waals surface area contributed by atoms with Crippen LogP contribution in [0.5, 0.6) is 5.75 Å². The Labute approximate surface area is 62.3 Å². The van der Waals surface area contributed by atoms with E-state index in [9.17, 15) is 4.79 Å². The van der Waals surface area contributed by atoms with Crippen LogP contribution in [0.3, 0.4) is 0 Å². The maximum Gasteiger partial charge on any atom is 0.513 e. The van der Waals surface area contributed by atoms with E-state index in [1.807, 2.05) is 0 Å². The molecule has 0 amide bonds. The minimum atomic E-state index is -0.821. The minimum Gasteiger partial charge on any atom is -0.437 e. The van der Waals surface area contributed by atoms with Crippen LogP contribution in [0.4, 0.5) is 10.6 Å². The average molecular weight is 157 g/mol. The topological polar surface area (TPSA) is 90.2 Å². The van der Waals surface area contributed by atoms with Crippen molar-refractivity contribution >= 4 is 12.0 Å². The number of carbonyl (C=O) groups is 1. The van der Waals surface area contributed by atoms with E-state index in [2.05, 4.69) is 19.7 Å². The van der Waals surface area contributed by atoms with E-state index >= 15 is 0 Å². The van der Waals surface area contributed by atoms with Crippen molar-refractivity contribution in [3.8, 4) is 5.75 Å². The monoisotopic (exact) mass is 157 g/mol. The van der Waals surface area contributed by atoms with Crippen LogP contribution in [-0.2, 0) is 4.74 Å². The lowest BCUT2D eigenvalue weighted by atomic mass is 10.6. The second-order valence-electron chi connectivity index (χ2n) is 1.70. The largest absolute Gasteiger partial charge is 0.513 e. The number of rotatable bonds is 1. The SMILES string of the molecule is COC(=O)Oc1cn[nH]c1N. The molecule has 0 fully saturated rings. The first-order chi connectivity index (χ1) is 5.24. The number of aromatic amines is 1. The third-order valence-electron chi connectivity index (χ3n) is 0.992. The highest BCUT2D eigenvalue weighted by Crippen LogP contribution is 2.16. The summed E-state index contributed by atoms with van der Waals surface area (Å²) in [6, 6.07) is 0. The first kappa shape index (κ1) is 7.39. The first-order valence-corrected chi connectivity index (χ1v) is 2.78. The summed E-state index contributed by atoms with van der Waals surface area (Å²) in [4.78, 5) is 10.5. The van der Waals surface area contributed by atoms with Crippen molar-refractivity contribution in [2.75, 3.05) is 12.8 Å². The molecule has 3 N–H and O–H groups in total. The Morgan fingerprint density at radius 2 is 2.55 bits per heavy atom. The quantitative estimate of drug-likeness (QED) is 0.565. The van der Waals surface area contributed by atoms with E-state index in [0.717, 1.165) is 0 Å². The van der Waals surface area contributed by atoms with Crippen LogP contribution in [0.15, 0.2) is 6.20 Å². The molecule has 0 aliphatic carbocycles. The van der Waals surface area contributed by atoms with Crippen LogP contribution in [-0.4, -0.2) is 23.5 Å². The van der Waals surface area contributed by atoms with Crippen molar-refractivity contribution in [2.45, 2.75) is 0 Å². The fourth-order valence-electron chi connectivity index (χ4n) is 0.498. The van der Waals surface area contributed by atoms with Gasteiger partial charge < -0.3 is 15.2 Å². The molecule has 60 valence electrons. The molecular formula is C5H7N3O3. The Morgan fingerprint density at radius 1 is 1.82 bits per heavy atom. The van der Waals surface area contributed by atoms with E-state index in [0.29, 0.717) is 0 Å². The molecule has 0 spiro atoms. The highest BCUT2D eigenvalue weighted by molar-refractivity contribution is 5.65. The molecule has 6 heteroatoms. The molecule has 0 aliphatic rings. The van der Waals surface area contributed by atoms with Gasteiger partial charge in [-0.05, 0) is 0 Å². The van der Waals surface area contributed by atoms with E-state index in [-0.39, 0.29) is 11.6 Å². The molecule has 0 atom stereocenters. The lowest BCUT2D eigenvalue weighted by Crippen LogP contribution is -2.07. The minimum absolute atomic E-state index is 0.164. The second-order valence-corrected chi connectivity index (χ2v) is 1.70. The van der Waals surface area contributed by atoms with Gasteiger partial charge >= 0.3 is 6.16 Å². The molecular weight excluding hydrogens is 150 g/mol. The van der Waals surface area contributed by atoms with Gasteiger partial charge in [-0.25, -0.2) is 4.79 Å². The van der Waals surface area contributed by atoms with Gasteiger partial charge in [0.05, 0.1) is 13.3 Å². The van der Waals surface area contributed by atoms with Crippen molar-refractivity contribution in [1.29, 1.82) is 0 Å². The van der Waals surface area contributed by atoms with Crippen LogP contribution < -0.4 is 10.5 Å².